The highest BCUT2D eigenvalue weighted by atomic mass is 32.2. The van der Waals surface area contributed by atoms with Crippen LogP contribution in [0.5, 0.6) is 0 Å². The number of fused-ring (bicyclic) bond motifs is 2. The topological polar surface area (TPSA) is 50.1 Å². The Morgan fingerprint density at radius 1 is 1.00 bits per heavy atom. The van der Waals surface area contributed by atoms with Crippen molar-refractivity contribution in [3.05, 3.63) is 42.5 Å². The standard InChI is InChI=1S/C12H11N3S/c13-15-8-5-6-12-10(7-8)14-9-3-1-2-4-11(9)16-12/h1-7,14-15H,13H2. The summed E-state index contributed by atoms with van der Waals surface area (Å²) < 4.78 is 0. The summed E-state index contributed by atoms with van der Waals surface area (Å²) in [5.74, 6) is 5.39. The summed E-state index contributed by atoms with van der Waals surface area (Å²) in [4.78, 5) is 2.47. The predicted octanol–water partition coefficient (Wildman–Crippen LogP) is 3.18. The molecule has 4 heteroatoms. The lowest BCUT2D eigenvalue weighted by atomic mass is 10.2. The molecule has 0 radical (unpaired) electrons. The van der Waals surface area contributed by atoms with Crippen molar-refractivity contribution in [2.75, 3.05) is 10.7 Å². The van der Waals surface area contributed by atoms with Gasteiger partial charge in [-0.25, -0.2) is 0 Å². The molecule has 0 aliphatic carbocycles. The van der Waals surface area contributed by atoms with Gasteiger partial charge in [0.15, 0.2) is 0 Å². The predicted molar refractivity (Wildman–Crippen MR) is 68.1 cm³/mol. The molecule has 2 aromatic rings. The van der Waals surface area contributed by atoms with E-state index in [0.717, 1.165) is 17.1 Å². The van der Waals surface area contributed by atoms with Crippen LogP contribution in [0.4, 0.5) is 17.1 Å². The minimum Gasteiger partial charge on any atom is -0.354 e. The highest BCUT2D eigenvalue weighted by Gasteiger charge is 2.14. The van der Waals surface area contributed by atoms with E-state index >= 15 is 0 Å². The number of hydrogen-bond acceptors (Lipinski definition) is 4. The van der Waals surface area contributed by atoms with Crippen molar-refractivity contribution in [1.29, 1.82) is 0 Å². The molecular formula is C12H11N3S. The molecule has 0 saturated carbocycles. The van der Waals surface area contributed by atoms with E-state index < -0.39 is 0 Å². The number of nitrogens with one attached hydrogen (secondary N) is 2. The van der Waals surface area contributed by atoms with Crippen LogP contribution in [0.2, 0.25) is 0 Å². The summed E-state index contributed by atoms with van der Waals surface area (Å²) in [6, 6.07) is 14.3. The highest BCUT2D eigenvalue weighted by Crippen LogP contribution is 2.44. The third-order valence-corrected chi connectivity index (χ3v) is 3.67. The number of nitrogen functional groups attached to an aromatic ring is 1. The number of hydrazine groups is 1. The molecule has 0 atom stereocenters. The van der Waals surface area contributed by atoms with Crippen LogP contribution in [0.25, 0.3) is 0 Å². The number of nitrogens with two attached hydrogens (primary N) is 1. The SMILES string of the molecule is NNc1ccc2c(c1)Nc1ccccc1S2. The summed E-state index contributed by atoms with van der Waals surface area (Å²) >= 11 is 1.77. The van der Waals surface area contributed by atoms with E-state index in [4.69, 9.17) is 5.84 Å². The Labute approximate surface area is 98.0 Å². The van der Waals surface area contributed by atoms with Crippen molar-refractivity contribution in [2.45, 2.75) is 9.79 Å². The first-order valence-electron chi connectivity index (χ1n) is 5.01. The Bertz CT molecular complexity index is 540. The average Bonchev–Trinajstić information content (AvgIpc) is 2.35. The normalized spacial score (nSPS) is 12.3. The van der Waals surface area contributed by atoms with Crippen molar-refractivity contribution in [3.63, 3.8) is 0 Å². The van der Waals surface area contributed by atoms with Gasteiger partial charge in [0.05, 0.1) is 17.1 Å². The van der Waals surface area contributed by atoms with Crippen LogP contribution < -0.4 is 16.6 Å². The first-order valence-corrected chi connectivity index (χ1v) is 5.83. The van der Waals surface area contributed by atoms with Crippen LogP contribution in [0.3, 0.4) is 0 Å². The van der Waals surface area contributed by atoms with E-state index in [1.54, 1.807) is 11.8 Å². The maximum absolute atomic E-state index is 5.39. The summed E-state index contributed by atoms with van der Waals surface area (Å²) in [5, 5.41) is 3.40. The number of benzene rings is 2. The lowest BCUT2D eigenvalue weighted by Gasteiger charge is -2.21. The molecule has 1 aliphatic rings. The Hall–Kier alpha value is -1.65. The van der Waals surface area contributed by atoms with Crippen LogP contribution in [0.15, 0.2) is 52.3 Å². The zero-order valence-corrected chi connectivity index (χ0v) is 9.34. The molecule has 0 bridgehead atoms. The maximum Gasteiger partial charge on any atom is 0.0547 e. The second-order valence-corrected chi connectivity index (χ2v) is 4.66. The molecule has 0 fully saturated rings. The summed E-state index contributed by atoms with van der Waals surface area (Å²) in [6.45, 7) is 0. The summed E-state index contributed by atoms with van der Waals surface area (Å²) in [6.07, 6.45) is 0. The van der Waals surface area contributed by atoms with Gasteiger partial charge in [0, 0.05) is 9.79 Å². The van der Waals surface area contributed by atoms with Crippen molar-refractivity contribution in [2.24, 2.45) is 5.84 Å². The average molecular weight is 229 g/mol. The first kappa shape index (κ1) is 9.57. The van der Waals surface area contributed by atoms with Crippen LogP contribution in [-0.4, -0.2) is 0 Å². The fourth-order valence-corrected chi connectivity index (χ4v) is 2.70. The van der Waals surface area contributed by atoms with Gasteiger partial charge in [-0.3, -0.25) is 5.84 Å². The molecule has 1 heterocycles. The Kier molecular flexibility index (Phi) is 2.23. The molecule has 1 aliphatic heterocycles. The molecule has 4 N–H and O–H groups in total. The number of anilines is 3. The van der Waals surface area contributed by atoms with E-state index in [9.17, 15) is 0 Å². The van der Waals surface area contributed by atoms with Gasteiger partial charge in [-0.1, -0.05) is 23.9 Å². The molecular weight excluding hydrogens is 218 g/mol. The zero-order chi connectivity index (χ0) is 11.0. The van der Waals surface area contributed by atoms with E-state index in [-0.39, 0.29) is 0 Å². The maximum atomic E-state index is 5.39. The second-order valence-electron chi connectivity index (χ2n) is 3.58. The smallest absolute Gasteiger partial charge is 0.0547 e. The monoisotopic (exact) mass is 229 g/mol. The lowest BCUT2D eigenvalue weighted by molar-refractivity contribution is 1.29. The van der Waals surface area contributed by atoms with Gasteiger partial charge in [0.1, 0.15) is 0 Å². The fourth-order valence-electron chi connectivity index (χ4n) is 1.73. The van der Waals surface area contributed by atoms with Crippen molar-refractivity contribution in [3.8, 4) is 0 Å². The van der Waals surface area contributed by atoms with E-state index in [1.807, 2.05) is 24.3 Å². The molecule has 80 valence electrons. The minimum absolute atomic E-state index is 0.909. The summed E-state index contributed by atoms with van der Waals surface area (Å²) in [7, 11) is 0. The highest BCUT2D eigenvalue weighted by molar-refractivity contribution is 7.99. The van der Waals surface area contributed by atoms with E-state index in [1.165, 1.54) is 9.79 Å². The molecule has 0 amide bonds. The Morgan fingerprint density at radius 2 is 1.81 bits per heavy atom. The van der Waals surface area contributed by atoms with Crippen molar-refractivity contribution < 1.29 is 0 Å². The van der Waals surface area contributed by atoms with E-state index in [0.29, 0.717) is 0 Å². The lowest BCUT2D eigenvalue weighted by Crippen LogP contribution is -2.07. The third-order valence-electron chi connectivity index (χ3n) is 2.52. The van der Waals surface area contributed by atoms with Gasteiger partial charge in [0.2, 0.25) is 0 Å². The molecule has 2 aromatic carbocycles. The molecule has 0 aromatic heterocycles. The molecule has 0 spiro atoms. The van der Waals surface area contributed by atoms with Crippen LogP contribution in [0.1, 0.15) is 0 Å². The minimum atomic E-state index is 0.909. The molecule has 3 rings (SSSR count). The number of hydrogen-bond donors (Lipinski definition) is 3. The van der Waals surface area contributed by atoms with Gasteiger partial charge < -0.3 is 10.7 Å². The third kappa shape index (κ3) is 1.52. The van der Waals surface area contributed by atoms with E-state index in [2.05, 4.69) is 28.9 Å². The largest absolute Gasteiger partial charge is 0.354 e. The molecule has 16 heavy (non-hydrogen) atoms. The number of para-hydroxylation sites is 1. The number of rotatable bonds is 1. The van der Waals surface area contributed by atoms with Crippen LogP contribution in [0, 0.1) is 0 Å². The van der Waals surface area contributed by atoms with Crippen molar-refractivity contribution in [1.82, 2.24) is 0 Å². The van der Waals surface area contributed by atoms with Crippen molar-refractivity contribution >= 4 is 28.8 Å². The zero-order valence-electron chi connectivity index (χ0n) is 8.53. The summed E-state index contributed by atoms with van der Waals surface area (Å²) in [5.41, 5.74) is 5.80. The second kappa shape index (κ2) is 3.73. The molecule has 0 unspecified atom stereocenters. The van der Waals surface area contributed by atoms with Crippen LogP contribution >= 0.6 is 11.8 Å². The fraction of sp³-hybridized carbons (Fsp3) is 0. The first-order chi connectivity index (χ1) is 7.86. The quantitative estimate of drug-likeness (QED) is 0.443. The van der Waals surface area contributed by atoms with Gasteiger partial charge in [-0.2, -0.15) is 0 Å². The van der Waals surface area contributed by atoms with Gasteiger partial charge in [-0.05, 0) is 30.3 Å². The van der Waals surface area contributed by atoms with Gasteiger partial charge in [-0.15, -0.1) is 0 Å². The van der Waals surface area contributed by atoms with Gasteiger partial charge in [0.25, 0.3) is 0 Å². The Morgan fingerprint density at radius 3 is 2.69 bits per heavy atom. The van der Waals surface area contributed by atoms with Crippen LogP contribution in [-0.2, 0) is 0 Å². The molecule has 3 nitrogen and oxygen atoms in total. The Balaban J connectivity index is 2.05. The molecule has 0 saturated heterocycles. The van der Waals surface area contributed by atoms with Gasteiger partial charge >= 0.3 is 0 Å².